The van der Waals surface area contributed by atoms with Crippen molar-refractivity contribution >= 4 is 17.4 Å². The molecule has 0 saturated carbocycles. The van der Waals surface area contributed by atoms with Crippen molar-refractivity contribution in [3.8, 4) is 28.6 Å². The van der Waals surface area contributed by atoms with Crippen LogP contribution in [0.3, 0.4) is 0 Å². The summed E-state index contributed by atoms with van der Waals surface area (Å²) in [5.41, 5.74) is 3.06. The molecule has 0 unspecified atom stereocenters. The summed E-state index contributed by atoms with van der Waals surface area (Å²) in [7, 11) is 0. The summed E-state index contributed by atoms with van der Waals surface area (Å²) in [6.07, 6.45) is 1.23. The lowest BCUT2D eigenvalue weighted by atomic mass is 10.1. The molecule has 1 aromatic heterocycles. The molecule has 0 spiro atoms. The van der Waals surface area contributed by atoms with Gasteiger partial charge < -0.3 is 19.9 Å². The van der Waals surface area contributed by atoms with E-state index in [9.17, 15) is 5.11 Å². The smallest absolute Gasteiger partial charge is 0.247 e. The summed E-state index contributed by atoms with van der Waals surface area (Å²) in [6, 6.07) is 12.9. The highest BCUT2D eigenvalue weighted by Crippen LogP contribution is 2.40. The molecule has 7 nitrogen and oxygen atoms in total. The van der Waals surface area contributed by atoms with Gasteiger partial charge in [-0.3, -0.25) is 0 Å². The number of phenols is 1. The van der Waals surface area contributed by atoms with Crippen LogP contribution in [0, 0.1) is 0 Å². The number of nitrogens with zero attached hydrogens (tertiary/aromatic N) is 3. The Morgan fingerprint density at radius 1 is 1.28 bits per heavy atom. The van der Waals surface area contributed by atoms with Crippen LogP contribution in [-0.4, -0.2) is 32.6 Å². The third-order valence-corrected chi connectivity index (χ3v) is 5.08. The van der Waals surface area contributed by atoms with Gasteiger partial charge in [-0.25, -0.2) is 0 Å². The number of phenolic OH excluding ortho intramolecular Hbond substituents is 1. The Balaban J connectivity index is 1.77. The van der Waals surface area contributed by atoms with E-state index in [0.29, 0.717) is 34.8 Å². The average Bonchev–Trinajstić information content (AvgIpc) is 2.90. The zero-order valence-corrected chi connectivity index (χ0v) is 16.6. The number of thioether (sulfide) groups is 1. The Labute approximate surface area is 172 Å². The van der Waals surface area contributed by atoms with Gasteiger partial charge in [-0.2, -0.15) is 4.98 Å². The van der Waals surface area contributed by atoms with E-state index < -0.39 is 6.23 Å². The monoisotopic (exact) mass is 408 g/mol. The first-order chi connectivity index (χ1) is 14.2. The van der Waals surface area contributed by atoms with E-state index in [1.54, 1.807) is 24.3 Å². The number of hydrogen-bond acceptors (Lipinski definition) is 8. The van der Waals surface area contributed by atoms with Gasteiger partial charge >= 0.3 is 0 Å². The van der Waals surface area contributed by atoms with Gasteiger partial charge in [0.15, 0.2) is 23.4 Å². The van der Waals surface area contributed by atoms with Gasteiger partial charge in [0.25, 0.3) is 0 Å². The van der Waals surface area contributed by atoms with Crippen molar-refractivity contribution in [3.05, 3.63) is 60.7 Å². The SMILES string of the molecule is C=CCSc1nnc2c(n1)O[C@@H](c1ccc(O)c(OCC)c1)Nc1ccccc1-2. The number of nitrogens with one attached hydrogen (secondary N) is 1. The number of benzene rings is 2. The van der Waals surface area contributed by atoms with Crippen molar-refractivity contribution in [2.24, 2.45) is 0 Å². The summed E-state index contributed by atoms with van der Waals surface area (Å²) in [5.74, 6) is 1.54. The fourth-order valence-corrected chi connectivity index (χ4v) is 3.47. The molecule has 1 aliphatic heterocycles. The molecule has 8 heteroatoms. The van der Waals surface area contributed by atoms with Crippen LogP contribution in [0.5, 0.6) is 17.4 Å². The molecular formula is C21H20N4O3S. The second-order valence-electron chi connectivity index (χ2n) is 6.20. The van der Waals surface area contributed by atoms with Crippen LogP contribution in [0.15, 0.2) is 60.3 Å². The highest BCUT2D eigenvalue weighted by Gasteiger charge is 2.26. The maximum atomic E-state index is 10.0. The molecule has 0 amide bonds. The van der Waals surface area contributed by atoms with Crippen LogP contribution in [-0.2, 0) is 0 Å². The Morgan fingerprint density at radius 2 is 2.14 bits per heavy atom. The molecule has 2 N–H and O–H groups in total. The van der Waals surface area contributed by atoms with Crippen molar-refractivity contribution < 1.29 is 14.6 Å². The third-order valence-electron chi connectivity index (χ3n) is 4.25. The first-order valence-electron chi connectivity index (χ1n) is 9.16. The van der Waals surface area contributed by atoms with Crippen LogP contribution in [0.25, 0.3) is 11.3 Å². The quantitative estimate of drug-likeness (QED) is 0.458. The van der Waals surface area contributed by atoms with Crippen LogP contribution in [0.4, 0.5) is 5.69 Å². The van der Waals surface area contributed by atoms with Crippen molar-refractivity contribution in [3.63, 3.8) is 0 Å². The number of fused-ring (bicyclic) bond motifs is 3. The fourth-order valence-electron chi connectivity index (χ4n) is 2.96. The van der Waals surface area contributed by atoms with Crippen molar-refractivity contribution in [1.82, 2.24) is 15.2 Å². The van der Waals surface area contributed by atoms with E-state index >= 15 is 0 Å². The van der Waals surface area contributed by atoms with Crippen LogP contribution >= 0.6 is 11.8 Å². The molecule has 0 fully saturated rings. The van der Waals surface area contributed by atoms with Crippen molar-refractivity contribution in [2.75, 3.05) is 17.7 Å². The summed E-state index contributed by atoms with van der Waals surface area (Å²) < 4.78 is 11.7. The summed E-state index contributed by atoms with van der Waals surface area (Å²) in [6.45, 7) is 6.03. The second kappa shape index (κ2) is 8.40. The Kier molecular flexibility index (Phi) is 5.53. The minimum atomic E-state index is -0.550. The molecule has 2 heterocycles. The summed E-state index contributed by atoms with van der Waals surface area (Å²) in [4.78, 5) is 4.56. The van der Waals surface area contributed by atoms with Crippen LogP contribution in [0.1, 0.15) is 18.7 Å². The molecule has 1 aliphatic rings. The van der Waals surface area contributed by atoms with Crippen LogP contribution < -0.4 is 14.8 Å². The lowest BCUT2D eigenvalue weighted by Gasteiger charge is -2.20. The topological polar surface area (TPSA) is 89.4 Å². The molecule has 29 heavy (non-hydrogen) atoms. The van der Waals surface area contributed by atoms with Crippen molar-refractivity contribution in [1.29, 1.82) is 0 Å². The van der Waals surface area contributed by atoms with Gasteiger partial charge in [-0.05, 0) is 31.2 Å². The second-order valence-corrected chi connectivity index (χ2v) is 7.18. The maximum Gasteiger partial charge on any atom is 0.247 e. The third kappa shape index (κ3) is 3.97. The minimum Gasteiger partial charge on any atom is -0.504 e. The molecular weight excluding hydrogens is 388 g/mol. The lowest BCUT2D eigenvalue weighted by molar-refractivity contribution is 0.224. The van der Waals surface area contributed by atoms with E-state index in [4.69, 9.17) is 9.47 Å². The van der Waals surface area contributed by atoms with E-state index in [-0.39, 0.29) is 5.75 Å². The van der Waals surface area contributed by atoms with E-state index in [1.807, 2.05) is 31.2 Å². The molecule has 4 rings (SSSR count). The molecule has 1 atom stereocenters. The normalized spacial score (nSPS) is 14.6. The summed E-state index contributed by atoms with van der Waals surface area (Å²) in [5, 5.41) is 22.5. The lowest BCUT2D eigenvalue weighted by Crippen LogP contribution is -2.17. The average molecular weight is 408 g/mol. The Bertz CT molecular complexity index is 1040. The molecule has 2 aromatic carbocycles. The van der Waals surface area contributed by atoms with Crippen LogP contribution in [0.2, 0.25) is 0 Å². The minimum absolute atomic E-state index is 0.0807. The van der Waals surface area contributed by atoms with Crippen molar-refractivity contribution in [2.45, 2.75) is 18.3 Å². The fraction of sp³-hybridized carbons (Fsp3) is 0.190. The Morgan fingerprint density at radius 3 is 2.97 bits per heavy atom. The number of anilines is 1. The molecule has 0 saturated heterocycles. The molecule has 0 aliphatic carbocycles. The number of aromatic hydroxyl groups is 1. The summed E-state index contributed by atoms with van der Waals surface area (Å²) >= 11 is 1.43. The highest BCUT2D eigenvalue weighted by molar-refractivity contribution is 7.99. The standard InChI is InChI=1S/C21H20N4O3S/c1-3-11-29-21-23-20-18(24-25-21)14-7-5-6-8-15(14)22-19(28-20)13-9-10-16(26)17(12-13)27-4-2/h3,5-10,12,19,22,26H,1,4,11H2,2H3/t19-/m0/s1. The molecule has 148 valence electrons. The first-order valence-corrected chi connectivity index (χ1v) is 10.1. The zero-order chi connectivity index (χ0) is 20.2. The number of aromatic nitrogens is 3. The van der Waals surface area contributed by atoms with Gasteiger partial charge in [0, 0.05) is 22.6 Å². The zero-order valence-electron chi connectivity index (χ0n) is 15.8. The number of ether oxygens (including phenoxy) is 2. The van der Waals surface area contributed by atoms with Gasteiger partial charge in [0.05, 0.1) is 6.61 Å². The van der Waals surface area contributed by atoms with Gasteiger partial charge in [-0.1, -0.05) is 36.0 Å². The van der Waals surface area contributed by atoms with E-state index in [2.05, 4.69) is 27.1 Å². The molecule has 3 aromatic rings. The predicted octanol–water partition coefficient (Wildman–Crippen LogP) is 4.42. The maximum absolute atomic E-state index is 10.0. The predicted molar refractivity (Wildman–Crippen MR) is 112 cm³/mol. The highest BCUT2D eigenvalue weighted by atomic mass is 32.2. The largest absolute Gasteiger partial charge is 0.504 e. The molecule has 0 bridgehead atoms. The number of para-hydroxylation sites is 1. The Hall–Kier alpha value is -3.26. The molecule has 0 radical (unpaired) electrons. The van der Waals surface area contributed by atoms with E-state index in [1.165, 1.54) is 11.8 Å². The van der Waals surface area contributed by atoms with E-state index in [0.717, 1.165) is 16.8 Å². The van der Waals surface area contributed by atoms with Gasteiger partial charge in [0.2, 0.25) is 11.0 Å². The van der Waals surface area contributed by atoms with Gasteiger partial charge in [0.1, 0.15) is 0 Å². The first kappa shape index (κ1) is 19.1. The number of rotatable bonds is 6. The number of hydrogen-bond donors (Lipinski definition) is 2. The van der Waals surface area contributed by atoms with Gasteiger partial charge in [-0.15, -0.1) is 16.8 Å².